The highest BCUT2D eigenvalue weighted by molar-refractivity contribution is 6.15. The lowest BCUT2D eigenvalue weighted by Gasteiger charge is -2.46. The fourth-order valence-corrected chi connectivity index (χ4v) is 7.31. The number of nitrogens with zero attached hydrogens (tertiary/aromatic N) is 1. The third-order valence-electron chi connectivity index (χ3n) is 9.42. The molecule has 2 aromatic rings. The first-order chi connectivity index (χ1) is 20.9. The molecule has 1 aliphatic carbocycles. The Morgan fingerprint density at radius 2 is 1.57 bits per heavy atom. The van der Waals surface area contributed by atoms with E-state index in [9.17, 15) is 19.2 Å². The SMILES string of the molecule is COC(=O)C1(C)C(=O)N(CCCc2ccccc2)C(C2CCC(NC(=O)OC(C)(C)C)CC2)C1(CN)C(=O)c1ccccc1. The van der Waals surface area contributed by atoms with E-state index < -0.39 is 40.4 Å². The van der Waals surface area contributed by atoms with Gasteiger partial charge in [0.15, 0.2) is 11.2 Å². The molecule has 3 N–H and O–H groups in total. The van der Waals surface area contributed by atoms with Crippen LogP contribution in [0.4, 0.5) is 4.79 Å². The van der Waals surface area contributed by atoms with E-state index in [0.29, 0.717) is 44.2 Å². The second-order valence-electron chi connectivity index (χ2n) is 13.3. The number of rotatable bonds is 10. The lowest BCUT2D eigenvalue weighted by atomic mass is 9.56. The van der Waals surface area contributed by atoms with Crippen molar-refractivity contribution in [3.05, 3.63) is 71.8 Å². The number of carbonyl (C=O) groups is 4. The Morgan fingerprint density at radius 3 is 2.11 bits per heavy atom. The Bertz CT molecular complexity index is 1320. The van der Waals surface area contributed by atoms with E-state index >= 15 is 0 Å². The normalized spacial score (nSPS) is 27.1. The molecule has 0 bridgehead atoms. The number of amides is 2. The molecule has 238 valence electrons. The molecule has 0 spiro atoms. The first-order valence-corrected chi connectivity index (χ1v) is 15.6. The molecule has 1 heterocycles. The summed E-state index contributed by atoms with van der Waals surface area (Å²) in [7, 11) is 1.25. The number of nitrogens with one attached hydrogen (secondary N) is 1. The number of ether oxygens (including phenoxy) is 2. The molecule has 0 radical (unpaired) electrons. The van der Waals surface area contributed by atoms with Gasteiger partial charge in [-0.2, -0.15) is 0 Å². The zero-order chi connectivity index (χ0) is 32.1. The summed E-state index contributed by atoms with van der Waals surface area (Å²) in [5.41, 5.74) is 4.16. The van der Waals surface area contributed by atoms with Crippen LogP contribution in [0.3, 0.4) is 0 Å². The number of likely N-dealkylation sites (tertiary alicyclic amines) is 1. The molecule has 4 rings (SSSR count). The number of hydrogen-bond acceptors (Lipinski definition) is 7. The van der Waals surface area contributed by atoms with Crippen LogP contribution in [-0.4, -0.2) is 66.5 Å². The summed E-state index contributed by atoms with van der Waals surface area (Å²) in [6, 6.07) is 18.1. The van der Waals surface area contributed by atoms with Gasteiger partial charge < -0.3 is 25.4 Å². The Labute approximate surface area is 260 Å². The van der Waals surface area contributed by atoms with E-state index in [1.54, 1.807) is 29.2 Å². The lowest BCUT2D eigenvalue weighted by molar-refractivity contribution is -0.162. The third kappa shape index (κ3) is 6.39. The average Bonchev–Trinajstić information content (AvgIpc) is 3.20. The molecule has 1 saturated heterocycles. The number of esters is 1. The average molecular weight is 606 g/mol. The summed E-state index contributed by atoms with van der Waals surface area (Å²) < 4.78 is 10.7. The molecule has 2 fully saturated rings. The molecule has 1 saturated carbocycles. The van der Waals surface area contributed by atoms with E-state index in [0.717, 1.165) is 12.0 Å². The zero-order valence-electron chi connectivity index (χ0n) is 26.6. The van der Waals surface area contributed by atoms with Gasteiger partial charge in [-0.1, -0.05) is 60.7 Å². The quantitative estimate of drug-likeness (QED) is 0.224. The predicted molar refractivity (Wildman–Crippen MR) is 168 cm³/mol. The van der Waals surface area contributed by atoms with Crippen LogP contribution in [0, 0.1) is 16.7 Å². The minimum absolute atomic E-state index is 0.103. The van der Waals surface area contributed by atoms with Crippen LogP contribution < -0.4 is 11.1 Å². The minimum atomic E-state index is -1.81. The Balaban J connectivity index is 1.71. The van der Waals surface area contributed by atoms with Crippen molar-refractivity contribution in [3.63, 3.8) is 0 Å². The number of Topliss-reactive ketones (excluding diaryl/α,β-unsaturated/α-hetero) is 1. The highest BCUT2D eigenvalue weighted by Crippen LogP contribution is 2.57. The van der Waals surface area contributed by atoms with Gasteiger partial charge in [0.05, 0.1) is 18.6 Å². The molecule has 3 atom stereocenters. The first kappa shape index (κ1) is 33.2. The van der Waals surface area contributed by atoms with E-state index in [1.807, 2.05) is 57.2 Å². The van der Waals surface area contributed by atoms with Gasteiger partial charge in [0, 0.05) is 24.7 Å². The maximum absolute atomic E-state index is 14.7. The van der Waals surface area contributed by atoms with Crippen molar-refractivity contribution in [1.82, 2.24) is 10.2 Å². The molecular formula is C35H47N3O6. The van der Waals surface area contributed by atoms with Crippen molar-refractivity contribution >= 4 is 23.8 Å². The first-order valence-electron chi connectivity index (χ1n) is 15.6. The molecule has 9 heteroatoms. The summed E-state index contributed by atoms with van der Waals surface area (Å²) in [6.07, 6.45) is 3.47. The number of alkyl carbamates (subject to hydrolysis) is 1. The lowest BCUT2D eigenvalue weighted by Crippen LogP contribution is -2.61. The highest BCUT2D eigenvalue weighted by Gasteiger charge is 2.74. The van der Waals surface area contributed by atoms with E-state index in [4.69, 9.17) is 15.2 Å². The number of nitrogens with two attached hydrogens (primary N) is 1. The predicted octanol–water partition coefficient (Wildman–Crippen LogP) is 4.92. The van der Waals surface area contributed by atoms with Gasteiger partial charge in [-0.15, -0.1) is 0 Å². The minimum Gasteiger partial charge on any atom is -0.468 e. The fraction of sp³-hybridized carbons (Fsp3) is 0.543. The van der Waals surface area contributed by atoms with Crippen molar-refractivity contribution < 1.29 is 28.7 Å². The molecule has 3 unspecified atom stereocenters. The maximum Gasteiger partial charge on any atom is 0.407 e. The van der Waals surface area contributed by atoms with Gasteiger partial charge in [0.25, 0.3) is 0 Å². The van der Waals surface area contributed by atoms with Crippen LogP contribution in [0.2, 0.25) is 0 Å². The van der Waals surface area contributed by atoms with Crippen LogP contribution in [0.5, 0.6) is 0 Å². The van der Waals surface area contributed by atoms with Gasteiger partial charge in [0.2, 0.25) is 5.91 Å². The summed E-state index contributed by atoms with van der Waals surface area (Å²) in [5, 5.41) is 2.98. The van der Waals surface area contributed by atoms with Gasteiger partial charge in [-0.25, -0.2) is 4.79 Å². The number of benzene rings is 2. The second kappa shape index (κ2) is 13.5. The Hall–Kier alpha value is -3.72. The summed E-state index contributed by atoms with van der Waals surface area (Å²) in [6.45, 7) is 7.16. The molecule has 2 amide bonds. The standard InChI is InChI=1S/C35H47N3O6/c1-33(2,3)44-32(42)37-27-20-18-25(19-21-27)28-35(23-36,29(39)26-16-10-7-11-17-26)34(4,31(41)43-5)30(40)38(28)22-12-15-24-13-8-6-9-14-24/h6-11,13-14,16-17,25,27-28H,12,15,18-23,36H2,1-5H3,(H,37,42). The number of aryl methyl sites for hydroxylation is 1. The molecule has 0 aromatic heterocycles. The molecule has 44 heavy (non-hydrogen) atoms. The summed E-state index contributed by atoms with van der Waals surface area (Å²) >= 11 is 0. The second-order valence-corrected chi connectivity index (χ2v) is 13.3. The van der Waals surface area contributed by atoms with Crippen LogP contribution in [0.15, 0.2) is 60.7 Å². The van der Waals surface area contributed by atoms with E-state index in [1.165, 1.54) is 14.0 Å². The Kier molecular flexibility index (Phi) is 10.2. The topological polar surface area (TPSA) is 128 Å². The molecule has 9 nitrogen and oxygen atoms in total. The number of hydrogen-bond donors (Lipinski definition) is 2. The van der Waals surface area contributed by atoms with Crippen LogP contribution in [0.25, 0.3) is 0 Å². The highest BCUT2D eigenvalue weighted by atomic mass is 16.6. The number of carbonyl (C=O) groups excluding carboxylic acids is 4. The van der Waals surface area contributed by atoms with Crippen molar-refractivity contribution in [2.24, 2.45) is 22.5 Å². The monoisotopic (exact) mass is 605 g/mol. The smallest absolute Gasteiger partial charge is 0.407 e. The molecule has 2 aromatic carbocycles. The zero-order valence-corrected chi connectivity index (χ0v) is 26.6. The number of methoxy groups -OCH3 is 1. The van der Waals surface area contributed by atoms with Crippen molar-refractivity contribution in [1.29, 1.82) is 0 Å². The fourth-order valence-electron chi connectivity index (χ4n) is 7.31. The van der Waals surface area contributed by atoms with E-state index in [2.05, 4.69) is 5.32 Å². The third-order valence-corrected chi connectivity index (χ3v) is 9.42. The maximum atomic E-state index is 14.7. The van der Waals surface area contributed by atoms with E-state index in [-0.39, 0.29) is 24.3 Å². The van der Waals surface area contributed by atoms with Crippen LogP contribution >= 0.6 is 0 Å². The van der Waals surface area contributed by atoms with Gasteiger partial charge in [-0.05, 0) is 77.7 Å². The Morgan fingerprint density at radius 1 is 0.977 bits per heavy atom. The number of ketones is 1. The van der Waals surface area contributed by atoms with Gasteiger partial charge >= 0.3 is 12.1 Å². The van der Waals surface area contributed by atoms with Gasteiger partial charge in [0.1, 0.15) is 5.60 Å². The molecule has 1 aliphatic heterocycles. The van der Waals surface area contributed by atoms with Crippen molar-refractivity contribution in [2.45, 2.75) is 83.9 Å². The van der Waals surface area contributed by atoms with Crippen LogP contribution in [0.1, 0.15) is 75.7 Å². The summed E-state index contributed by atoms with van der Waals surface area (Å²) in [4.78, 5) is 57.1. The van der Waals surface area contributed by atoms with Crippen molar-refractivity contribution in [3.8, 4) is 0 Å². The largest absolute Gasteiger partial charge is 0.468 e. The van der Waals surface area contributed by atoms with Crippen molar-refractivity contribution in [2.75, 3.05) is 20.2 Å². The molecule has 2 aliphatic rings. The van der Waals surface area contributed by atoms with Gasteiger partial charge in [-0.3, -0.25) is 14.4 Å². The molecular weight excluding hydrogens is 558 g/mol. The van der Waals surface area contributed by atoms with Crippen LogP contribution in [-0.2, 0) is 25.5 Å². The summed E-state index contributed by atoms with van der Waals surface area (Å²) in [5.74, 6) is -1.64.